The number of hydrogen-bond acceptors (Lipinski definition) is 4. The van der Waals surface area contributed by atoms with E-state index in [1.54, 1.807) is 22.7 Å². The summed E-state index contributed by atoms with van der Waals surface area (Å²) in [6, 6.07) is 7.65. The fourth-order valence-corrected chi connectivity index (χ4v) is 5.59. The number of rotatable bonds is 4. The van der Waals surface area contributed by atoms with Gasteiger partial charge in [0, 0.05) is 20.1 Å². The number of fused-ring (bicyclic) bond motifs is 1. The highest BCUT2D eigenvalue weighted by Gasteiger charge is 2.32. The Balaban J connectivity index is 1.83. The molecule has 2 heterocycles. The van der Waals surface area contributed by atoms with Crippen molar-refractivity contribution in [2.24, 2.45) is 0 Å². The van der Waals surface area contributed by atoms with Gasteiger partial charge in [-0.05, 0) is 31.9 Å². The first-order valence-corrected chi connectivity index (χ1v) is 10.3. The number of nitrogens with zero attached hydrogens (tertiary/aromatic N) is 3. The van der Waals surface area contributed by atoms with E-state index in [0.29, 0.717) is 13.1 Å². The SMILES string of the molecule is CC(c1nc2ccccc2s1)N(C)S(=O)(=O)N1CCCCCC1. The van der Waals surface area contributed by atoms with Gasteiger partial charge in [0.2, 0.25) is 0 Å². The van der Waals surface area contributed by atoms with Crippen molar-refractivity contribution >= 4 is 31.8 Å². The monoisotopic (exact) mass is 353 g/mol. The number of thiazole rings is 1. The van der Waals surface area contributed by atoms with Gasteiger partial charge in [-0.1, -0.05) is 25.0 Å². The molecule has 1 fully saturated rings. The van der Waals surface area contributed by atoms with E-state index >= 15 is 0 Å². The Morgan fingerprint density at radius 3 is 2.48 bits per heavy atom. The van der Waals surface area contributed by atoms with Crippen molar-refractivity contribution in [1.82, 2.24) is 13.6 Å². The summed E-state index contributed by atoms with van der Waals surface area (Å²) in [6.45, 7) is 3.16. The molecule has 0 aliphatic carbocycles. The summed E-state index contributed by atoms with van der Waals surface area (Å²) < 4.78 is 30.0. The molecule has 0 bridgehead atoms. The lowest BCUT2D eigenvalue weighted by Gasteiger charge is -2.29. The van der Waals surface area contributed by atoms with Crippen LogP contribution in [0.4, 0.5) is 0 Å². The maximum atomic E-state index is 12.9. The van der Waals surface area contributed by atoms with Gasteiger partial charge in [-0.15, -0.1) is 11.3 Å². The van der Waals surface area contributed by atoms with Crippen LogP contribution >= 0.6 is 11.3 Å². The normalized spacial score (nSPS) is 19.1. The van der Waals surface area contributed by atoms with Crippen molar-refractivity contribution in [2.75, 3.05) is 20.1 Å². The highest BCUT2D eigenvalue weighted by molar-refractivity contribution is 7.86. The zero-order valence-electron chi connectivity index (χ0n) is 13.6. The van der Waals surface area contributed by atoms with Crippen LogP contribution in [0, 0.1) is 0 Å². The first kappa shape index (κ1) is 16.8. The Morgan fingerprint density at radius 2 is 1.83 bits per heavy atom. The molecule has 0 saturated carbocycles. The molecule has 1 aromatic carbocycles. The summed E-state index contributed by atoms with van der Waals surface area (Å²) in [5, 5.41) is 0.840. The van der Waals surface area contributed by atoms with Gasteiger partial charge in [-0.3, -0.25) is 0 Å². The van der Waals surface area contributed by atoms with Gasteiger partial charge in [-0.2, -0.15) is 17.0 Å². The summed E-state index contributed by atoms with van der Waals surface area (Å²) in [5.74, 6) is 0. The van der Waals surface area contributed by atoms with E-state index in [0.717, 1.165) is 40.9 Å². The summed E-state index contributed by atoms with van der Waals surface area (Å²) in [4.78, 5) is 4.60. The Kier molecular flexibility index (Phi) is 5.01. The zero-order valence-corrected chi connectivity index (χ0v) is 15.2. The zero-order chi connectivity index (χ0) is 16.4. The van der Waals surface area contributed by atoms with E-state index in [1.165, 1.54) is 4.31 Å². The molecular formula is C16H23N3O2S2. The van der Waals surface area contributed by atoms with E-state index in [1.807, 2.05) is 31.2 Å². The fraction of sp³-hybridized carbons (Fsp3) is 0.562. The lowest BCUT2D eigenvalue weighted by molar-refractivity contribution is 0.332. The number of para-hydroxylation sites is 1. The van der Waals surface area contributed by atoms with Crippen molar-refractivity contribution in [3.8, 4) is 0 Å². The summed E-state index contributed by atoms with van der Waals surface area (Å²) in [5.41, 5.74) is 0.930. The summed E-state index contributed by atoms with van der Waals surface area (Å²) in [6.07, 6.45) is 4.12. The molecule has 1 saturated heterocycles. The minimum Gasteiger partial charge on any atom is -0.239 e. The second-order valence-corrected chi connectivity index (χ2v) is 9.08. The third kappa shape index (κ3) is 3.42. The van der Waals surface area contributed by atoms with Crippen LogP contribution in [0.25, 0.3) is 10.2 Å². The van der Waals surface area contributed by atoms with Gasteiger partial charge < -0.3 is 0 Å². The van der Waals surface area contributed by atoms with Crippen molar-refractivity contribution in [2.45, 2.75) is 38.6 Å². The van der Waals surface area contributed by atoms with Crippen LogP contribution in [-0.4, -0.2) is 42.1 Å². The Labute approximate surface area is 142 Å². The molecule has 0 spiro atoms. The summed E-state index contributed by atoms with van der Waals surface area (Å²) >= 11 is 1.56. The topological polar surface area (TPSA) is 53.5 Å². The molecule has 126 valence electrons. The smallest absolute Gasteiger partial charge is 0.239 e. The molecule has 0 N–H and O–H groups in total. The van der Waals surface area contributed by atoms with Crippen molar-refractivity contribution in [3.05, 3.63) is 29.3 Å². The van der Waals surface area contributed by atoms with Gasteiger partial charge in [0.25, 0.3) is 10.2 Å². The average Bonchev–Trinajstić information content (AvgIpc) is 2.78. The first-order valence-electron chi connectivity index (χ1n) is 8.09. The third-order valence-corrected chi connectivity index (χ3v) is 7.74. The molecular weight excluding hydrogens is 330 g/mol. The molecule has 5 nitrogen and oxygen atoms in total. The molecule has 3 rings (SSSR count). The highest BCUT2D eigenvalue weighted by Crippen LogP contribution is 2.31. The van der Waals surface area contributed by atoms with Crippen LogP contribution < -0.4 is 0 Å². The van der Waals surface area contributed by atoms with E-state index in [9.17, 15) is 8.42 Å². The van der Waals surface area contributed by atoms with Crippen molar-refractivity contribution in [3.63, 3.8) is 0 Å². The molecule has 1 aromatic heterocycles. The number of aromatic nitrogens is 1. The van der Waals surface area contributed by atoms with E-state index < -0.39 is 10.2 Å². The Hall–Kier alpha value is -1.02. The van der Waals surface area contributed by atoms with Crippen LogP contribution in [0.2, 0.25) is 0 Å². The minimum atomic E-state index is -3.44. The van der Waals surface area contributed by atoms with Gasteiger partial charge in [0.15, 0.2) is 0 Å². The molecule has 0 amide bonds. The Morgan fingerprint density at radius 1 is 1.17 bits per heavy atom. The van der Waals surface area contributed by atoms with E-state index in [2.05, 4.69) is 4.98 Å². The fourth-order valence-electron chi connectivity index (χ4n) is 2.88. The molecule has 1 atom stereocenters. The third-order valence-electron chi connectivity index (χ3n) is 4.47. The van der Waals surface area contributed by atoms with Crippen LogP contribution in [0.1, 0.15) is 43.7 Å². The van der Waals surface area contributed by atoms with Gasteiger partial charge in [0.05, 0.1) is 16.3 Å². The Bertz CT molecular complexity index is 731. The number of hydrogen-bond donors (Lipinski definition) is 0. The number of benzene rings is 1. The molecule has 1 aliphatic heterocycles. The van der Waals surface area contributed by atoms with Gasteiger partial charge in [-0.25, -0.2) is 4.98 Å². The summed E-state index contributed by atoms with van der Waals surface area (Å²) in [7, 11) is -1.77. The largest absolute Gasteiger partial charge is 0.282 e. The van der Waals surface area contributed by atoms with Crippen molar-refractivity contribution in [1.29, 1.82) is 0 Å². The quantitative estimate of drug-likeness (QED) is 0.846. The molecule has 2 aromatic rings. The van der Waals surface area contributed by atoms with Crippen LogP contribution in [0.15, 0.2) is 24.3 Å². The minimum absolute atomic E-state index is 0.263. The second-order valence-electron chi connectivity index (χ2n) is 6.03. The average molecular weight is 354 g/mol. The van der Waals surface area contributed by atoms with Crippen molar-refractivity contribution < 1.29 is 8.42 Å². The molecule has 7 heteroatoms. The predicted octanol–water partition coefficient (Wildman–Crippen LogP) is 3.41. The van der Waals surface area contributed by atoms with Crippen LogP contribution in [-0.2, 0) is 10.2 Å². The lowest BCUT2D eigenvalue weighted by atomic mass is 10.2. The predicted molar refractivity (Wildman–Crippen MR) is 94.8 cm³/mol. The standard InChI is InChI=1S/C16H23N3O2S2/c1-13(16-17-14-9-5-6-10-15(14)22-16)18(2)23(20,21)19-11-7-3-4-8-12-19/h5-6,9-10,13H,3-4,7-8,11-12H2,1-2H3. The van der Waals surface area contributed by atoms with E-state index in [4.69, 9.17) is 0 Å². The molecule has 1 aliphatic rings. The molecule has 1 unspecified atom stereocenters. The molecule has 23 heavy (non-hydrogen) atoms. The highest BCUT2D eigenvalue weighted by atomic mass is 32.2. The van der Waals surface area contributed by atoms with Gasteiger partial charge >= 0.3 is 0 Å². The molecule has 0 radical (unpaired) electrons. The van der Waals surface area contributed by atoms with E-state index in [-0.39, 0.29) is 6.04 Å². The van der Waals surface area contributed by atoms with Crippen LogP contribution in [0.3, 0.4) is 0 Å². The van der Waals surface area contributed by atoms with Crippen LogP contribution in [0.5, 0.6) is 0 Å². The van der Waals surface area contributed by atoms with Gasteiger partial charge in [0.1, 0.15) is 5.01 Å². The maximum absolute atomic E-state index is 12.9. The maximum Gasteiger partial charge on any atom is 0.282 e. The lowest BCUT2D eigenvalue weighted by Crippen LogP contribution is -2.43. The second kappa shape index (κ2) is 6.84. The first-order chi connectivity index (χ1) is 11.0.